The molecule has 4 aromatic rings. The van der Waals surface area contributed by atoms with E-state index in [0.717, 1.165) is 17.2 Å². The molecule has 0 atom stereocenters. The smallest absolute Gasteiger partial charge is 0.0806 e. The zero-order valence-electron chi connectivity index (χ0n) is 17.0. The molecule has 0 saturated heterocycles. The van der Waals surface area contributed by atoms with Crippen LogP contribution in [0.5, 0.6) is 0 Å². The van der Waals surface area contributed by atoms with Gasteiger partial charge in [-0.25, -0.2) is 4.99 Å². The normalized spacial score (nSPS) is 11.6. The molecular formula is C27H23NS3. The molecule has 0 aliphatic carbocycles. The monoisotopic (exact) mass is 457 g/mol. The van der Waals surface area contributed by atoms with Crippen molar-refractivity contribution in [3.8, 4) is 0 Å². The van der Waals surface area contributed by atoms with Crippen LogP contribution in [0.3, 0.4) is 0 Å². The molecule has 0 heterocycles. The third kappa shape index (κ3) is 7.35. The Hall–Kier alpha value is -2.40. The fraction of sp³-hybridized carbons (Fsp3) is 0.0741. The van der Waals surface area contributed by atoms with Gasteiger partial charge < -0.3 is 0 Å². The maximum absolute atomic E-state index is 5.03. The predicted molar refractivity (Wildman–Crippen MR) is 139 cm³/mol. The molecule has 4 aromatic carbocycles. The molecule has 0 aliphatic heterocycles. The summed E-state index contributed by atoms with van der Waals surface area (Å²) in [4.78, 5) is 8.80. The van der Waals surface area contributed by atoms with Crippen molar-refractivity contribution in [3.63, 3.8) is 0 Å². The maximum Gasteiger partial charge on any atom is 0.0806 e. The Balaban J connectivity index is 1.61. The van der Waals surface area contributed by atoms with Crippen molar-refractivity contribution in [3.05, 3.63) is 121 Å². The first-order valence-electron chi connectivity index (χ1n) is 10.1. The average Bonchev–Trinajstić information content (AvgIpc) is 2.82. The molecule has 4 rings (SSSR count). The maximum atomic E-state index is 5.03. The summed E-state index contributed by atoms with van der Waals surface area (Å²) in [5, 5.41) is 1.12. The summed E-state index contributed by atoms with van der Waals surface area (Å²) >= 11 is 5.56. The summed E-state index contributed by atoms with van der Waals surface area (Å²) in [6.07, 6.45) is 0.869. The Kier molecular flexibility index (Phi) is 8.34. The molecule has 0 unspecified atom stereocenters. The largest absolute Gasteiger partial charge is 0.246 e. The van der Waals surface area contributed by atoms with Crippen molar-refractivity contribution in [1.82, 2.24) is 0 Å². The fourth-order valence-electron chi connectivity index (χ4n) is 2.93. The van der Waals surface area contributed by atoms with E-state index in [9.17, 15) is 0 Å². The molecule has 0 saturated carbocycles. The number of nitrogens with zero attached hydrogens (tertiary/aromatic N) is 1. The topological polar surface area (TPSA) is 12.4 Å². The van der Waals surface area contributed by atoms with E-state index < -0.39 is 0 Å². The van der Waals surface area contributed by atoms with Gasteiger partial charge in [0.1, 0.15) is 0 Å². The van der Waals surface area contributed by atoms with Crippen LogP contribution in [0.25, 0.3) is 0 Å². The first kappa shape index (κ1) is 21.8. The quantitative estimate of drug-likeness (QED) is 0.113. The predicted octanol–water partition coefficient (Wildman–Crippen LogP) is 8.81. The van der Waals surface area contributed by atoms with Crippen LogP contribution in [0.15, 0.2) is 141 Å². The standard InChI is InChI=1S/C27H23NS3/c1-5-13-22(14-6-1)28-26(29-23-15-7-2-8-16-23)21-27(30-24-17-9-3-10-18-24)31-25-19-11-4-12-20-25/h1-20,27H,21H2/b28-26-. The molecule has 4 heteroatoms. The van der Waals surface area contributed by atoms with Gasteiger partial charge in [-0.05, 0) is 48.5 Å². The highest BCUT2D eigenvalue weighted by Crippen LogP contribution is 2.39. The molecule has 0 N–H and O–H groups in total. The molecule has 0 amide bonds. The number of para-hydroxylation sites is 1. The number of hydrogen-bond donors (Lipinski definition) is 0. The van der Waals surface area contributed by atoms with Crippen molar-refractivity contribution in [2.45, 2.75) is 25.7 Å². The Bertz CT molecular complexity index is 1030. The molecule has 0 radical (unpaired) electrons. The molecule has 0 bridgehead atoms. The van der Waals surface area contributed by atoms with Crippen LogP contribution in [0.2, 0.25) is 0 Å². The summed E-state index contributed by atoms with van der Waals surface area (Å²) in [5.74, 6) is 0. The molecular weight excluding hydrogens is 435 g/mol. The van der Waals surface area contributed by atoms with E-state index in [0.29, 0.717) is 4.58 Å². The van der Waals surface area contributed by atoms with E-state index in [1.807, 2.05) is 41.7 Å². The van der Waals surface area contributed by atoms with Crippen molar-refractivity contribution >= 4 is 46.0 Å². The number of hydrogen-bond acceptors (Lipinski definition) is 4. The van der Waals surface area contributed by atoms with E-state index in [1.54, 1.807) is 11.8 Å². The van der Waals surface area contributed by atoms with Crippen LogP contribution in [0.1, 0.15) is 6.42 Å². The highest BCUT2D eigenvalue weighted by atomic mass is 32.2. The molecule has 1 nitrogen and oxygen atoms in total. The third-order valence-electron chi connectivity index (χ3n) is 4.35. The van der Waals surface area contributed by atoms with E-state index in [-0.39, 0.29) is 0 Å². The molecule has 0 fully saturated rings. The van der Waals surface area contributed by atoms with Crippen molar-refractivity contribution in [2.24, 2.45) is 4.99 Å². The van der Waals surface area contributed by atoms with Crippen molar-refractivity contribution in [2.75, 3.05) is 0 Å². The highest BCUT2D eigenvalue weighted by molar-refractivity contribution is 8.17. The van der Waals surface area contributed by atoms with Gasteiger partial charge in [0.05, 0.1) is 15.3 Å². The van der Waals surface area contributed by atoms with Crippen LogP contribution >= 0.6 is 35.3 Å². The van der Waals surface area contributed by atoms with E-state index in [4.69, 9.17) is 4.99 Å². The summed E-state index contributed by atoms with van der Waals surface area (Å²) in [5.41, 5.74) is 0.995. The number of thioether (sulfide) groups is 3. The number of rotatable bonds is 8. The minimum absolute atomic E-state index is 0.309. The Morgan fingerprint density at radius 1 is 0.548 bits per heavy atom. The average molecular weight is 458 g/mol. The minimum Gasteiger partial charge on any atom is -0.246 e. The van der Waals surface area contributed by atoms with Gasteiger partial charge in [0.25, 0.3) is 0 Å². The summed E-state index contributed by atoms with van der Waals surface area (Å²) in [6.45, 7) is 0. The van der Waals surface area contributed by atoms with Gasteiger partial charge in [0.2, 0.25) is 0 Å². The second-order valence-electron chi connectivity index (χ2n) is 6.75. The van der Waals surface area contributed by atoms with Crippen LogP contribution in [0.4, 0.5) is 5.69 Å². The molecule has 31 heavy (non-hydrogen) atoms. The highest BCUT2D eigenvalue weighted by Gasteiger charge is 2.17. The lowest BCUT2D eigenvalue weighted by Gasteiger charge is -2.18. The first-order valence-corrected chi connectivity index (χ1v) is 12.7. The minimum atomic E-state index is 0.309. The van der Waals surface area contributed by atoms with Crippen LogP contribution < -0.4 is 0 Å². The molecule has 0 aromatic heterocycles. The van der Waals surface area contributed by atoms with Crippen LogP contribution in [-0.4, -0.2) is 9.63 Å². The van der Waals surface area contributed by atoms with Crippen LogP contribution in [-0.2, 0) is 0 Å². The van der Waals surface area contributed by atoms with Gasteiger partial charge >= 0.3 is 0 Å². The summed E-state index contributed by atoms with van der Waals surface area (Å²) < 4.78 is 0.309. The van der Waals surface area contributed by atoms with Crippen molar-refractivity contribution < 1.29 is 0 Å². The zero-order valence-corrected chi connectivity index (χ0v) is 19.5. The fourth-order valence-corrected chi connectivity index (χ4v) is 6.69. The zero-order chi connectivity index (χ0) is 21.1. The number of benzene rings is 4. The van der Waals surface area contributed by atoms with Gasteiger partial charge in [-0.2, -0.15) is 0 Å². The second-order valence-corrected chi connectivity index (χ2v) is 10.7. The second kappa shape index (κ2) is 11.8. The van der Waals surface area contributed by atoms with Crippen LogP contribution in [0, 0.1) is 0 Å². The Morgan fingerprint density at radius 2 is 0.968 bits per heavy atom. The van der Waals surface area contributed by atoms with Gasteiger partial charge in [-0.15, -0.1) is 23.5 Å². The molecule has 0 aliphatic rings. The first-order chi connectivity index (χ1) is 15.3. The lowest BCUT2D eigenvalue weighted by Crippen LogP contribution is -2.05. The lowest BCUT2D eigenvalue weighted by atomic mass is 10.3. The molecule has 154 valence electrons. The molecule has 0 spiro atoms. The van der Waals surface area contributed by atoms with Gasteiger partial charge in [-0.3, -0.25) is 0 Å². The number of aliphatic imine (C=N–C) groups is 1. The van der Waals surface area contributed by atoms with E-state index in [2.05, 4.69) is 103 Å². The lowest BCUT2D eigenvalue weighted by molar-refractivity contribution is 1.23. The SMILES string of the molecule is c1ccc(/N=C(/CC(Sc2ccccc2)Sc2ccccc2)Sc2ccccc2)cc1. The van der Waals surface area contributed by atoms with E-state index >= 15 is 0 Å². The third-order valence-corrected chi connectivity index (χ3v) is 7.88. The van der Waals surface area contributed by atoms with Gasteiger partial charge in [0.15, 0.2) is 0 Å². The van der Waals surface area contributed by atoms with Gasteiger partial charge in [0, 0.05) is 21.1 Å². The van der Waals surface area contributed by atoms with Crippen molar-refractivity contribution in [1.29, 1.82) is 0 Å². The summed E-state index contributed by atoms with van der Waals surface area (Å²) in [7, 11) is 0. The van der Waals surface area contributed by atoms with E-state index in [1.165, 1.54) is 14.7 Å². The Morgan fingerprint density at radius 3 is 1.45 bits per heavy atom. The summed E-state index contributed by atoms with van der Waals surface area (Å²) in [6, 6.07) is 42.0. The Labute approximate surface area is 197 Å². The van der Waals surface area contributed by atoms with Gasteiger partial charge in [-0.1, -0.05) is 84.6 Å².